The Bertz CT molecular complexity index is 685. The highest BCUT2D eigenvalue weighted by Gasteiger charge is 2.43. The van der Waals surface area contributed by atoms with Gasteiger partial charge in [0.2, 0.25) is 5.91 Å². The van der Waals surface area contributed by atoms with Crippen LogP contribution in [0.5, 0.6) is 0 Å². The average molecular weight is 301 g/mol. The lowest BCUT2D eigenvalue weighted by molar-refractivity contribution is -0.117. The predicted octanol–water partition coefficient (Wildman–Crippen LogP) is 3.97. The first-order valence-corrected chi connectivity index (χ1v) is 7.35. The first-order valence-electron chi connectivity index (χ1n) is 6.97. The number of nitrogen functional groups attached to an aromatic ring is 1. The number of amides is 1. The summed E-state index contributed by atoms with van der Waals surface area (Å²) < 4.78 is 0. The van der Waals surface area contributed by atoms with Gasteiger partial charge in [0.05, 0.1) is 10.7 Å². The van der Waals surface area contributed by atoms with Gasteiger partial charge in [-0.15, -0.1) is 0 Å². The molecular formula is C17H17ClN2O. The van der Waals surface area contributed by atoms with Gasteiger partial charge in [-0.3, -0.25) is 4.79 Å². The maximum absolute atomic E-state index is 12.3. The minimum Gasteiger partial charge on any atom is -0.398 e. The molecule has 0 radical (unpaired) electrons. The maximum atomic E-state index is 12.3. The molecule has 1 aliphatic rings. The van der Waals surface area contributed by atoms with Crippen molar-refractivity contribution in [3.05, 3.63) is 58.6 Å². The summed E-state index contributed by atoms with van der Waals surface area (Å²) in [4.78, 5) is 12.3. The van der Waals surface area contributed by atoms with E-state index in [-0.39, 0.29) is 11.8 Å². The third-order valence-corrected chi connectivity index (χ3v) is 4.28. The number of hydrogen-bond donors (Lipinski definition) is 2. The number of carbonyl (C=O) groups excluding carboxylic acids is 1. The van der Waals surface area contributed by atoms with E-state index >= 15 is 0 Å². The van der Waals surface area contributed by atoms with Crippen LogP contribution in [0.3, 0.4) is 0 Å². The molecule has 0 bridgehead atoms. The fraction of sp³-hybridized carbons (Fsp3) is 0.235. The molecule has 2 aromatic carbocycles. The van der Waals surface area contributed by atoms with E-state index in [0.717, 1.165) is 17.7 Å². The number of hydrogen-bond acceptors (Lipinski definition) is 2. The second kappa shape index (κ2) is 5.41. The van der Waals surface area contributed by atoms with Gasteiger partial charge in [0.1, 0.15) is 0 Å². The molecule has 2 unspecified atom stereocenters. The van der Waals surface area contributed by atoms with Crippen LogP contribution in [-0.2, 0) is 4.79 Å². The monoisotopic (exact) mass is 300 g/mol. The normalized spacial score (nSPS) is 20.1. The lowest BCUT2D eigenvalue weighted by Crippen LogP contribution is -2.15. The van der Waals surface area contributed by atoms with E-state index in [1.807, 2.05) is 25.1 Å². The van der Waals surface area contributed by atoms with Crippen molar-refractivity contribution in [1.82, 2.24) is 0 Å². The highest BCUT2D eigenvalue weighted by molar-refractivity contribution is 6.33. The van der Waals surface area contributed by atoms with Gasteiger partial charge < -0.3 is 11.1 Å². The number of nitrogens with one attached hydrogen (secondary N) is 1. The molecule has 108 valence electrons. The third-order valence-electron chi connectivity index (χ3n) is 3.96. The van der Waals surface area contributed by atoms with E-state index in [4.69, 9.17) is 17.3 Å². The van der Waals surface area contributed by atoms with Crippen LogP contribution < -0.4 is 11.1 Å². The van der Waals surface area contributed by atoms with Crippen molar-refractivity contribution >= 4 is 28.9 Å². The Morgan fingerprint density at radius 1 is 1.29 bits per heavy atom. The first-order chi connectivity index (χ1) is 10.1. The molecule has 0 saturated heterocycles. The van der Waals surface area contributed by atoms with E-state index in [1.54, 1.807) is 12.1 Å². The molecule has 3 rings (SSSR count). The number of carbonyl (C=O) groups is 1. The Kier molecular flexibility index (Phi) is 3.60. The molecule has 1 aliphatic carbocycles. The molecule has 0 spiro atoms. The number of nitrogens with two attached hydrogens (primary N) is 1. The molecule has 0 heterocycles. The summed E-state index contributed by atoms with van der Waals surface area (Å²) in [7, 11) is 0. The van der Waals surface area contributed by atoms with Crippen LogP contribution in [0.25, 0.3) is 0 Å². The molecule has 3 nitrogen and oxygen atoms in total. The third kappa shape index (κ3) is 2.88. The van der Waals surface area contributed by atoms with Gasteiger partial charge in [-0.25, -0.2) is 0 Å². The van der Waals surface area contributed by atoms with Gasteiger partial charge in [-0.2, -0.15) is 0 Å². The topological polar surface area (TPSA) is 55.1 Å². The largest absolute Gasteiger partial charge is 0.398 e. The van der Waals surface area contributed by atoms with Crippen molar-refractivity contribution in [3.63, 3.8) is 0 Å². The van der Waals surface area contributed by atoms with Crippen molar-refractivity contribution in [2.75, 3.05) is 11.1 Å². The lowest BCUT2D eigenvalue weighted by atomic mass is 10.1. The van der Waals surface area contributed by atoms with Gasteiger partial charge >= 0.3 is 0 Å². The van der Waals surface area contributed by atoms with Crippen molar-refractivity contribution < 1.29 is 4.79 Å². The fourth-order valence-corrected chi connectivity index (χ4v) is 2.78. The Labute approximate surface area is 129 Å². The summed E-state index contributed by atoms with van der Waals surface area (Å²) in [6, 6.07) is 13.6. The summed E-state index contributed by atoms with van der Waals surface area (Å²) in [6.07, 6.45) is 0.900. The summed E-state index contributed by atoms with van der Waals surface area (Å²) in [5.74, 6) is 0.423. The van der Waals surface area contributed by atoms with Crippen molar-refractivity contribution in [1.29, 1.82) is 0 Å². The van der Waals surface area contributed by atoms with Crippen molar-refractivity contribution in [3.8, 4) is 0 Å². The number of halogens is 1. The second-order valence-corrected chi connectivity index (χ2v) is 5.94. The molecule has 3 N–H and O–H groups in total. The van der Waals surface area contributed by atoms with E-state index < -0.39 is 0 Å². The average Bonchev–Trinajstić information content (AvgIpc) is 3.26. The molecule has 1 fully saturated rings. The van der Waals surface area contributed by atoms with E-state index in [9.17, 15) is 4.79 Å². The first kappa shape index (κ1) is 14.0. The van der Waals surface area contributed by atoms with Crippen molar-refractivity contribution in [2.45, 2.75) is 19.3 Å². The SMILES string of the molecule is Cc1cc(N)c(Cl)cc1NC(=O)C1CC1c1ccccc1. The Balaban J connectivity index is 1.70. The van der Waals surface area contributed by atoms with Crippen LogP contribution in [0.15, 0.2) is 42.5 Å². The summed E-state index contributed by atoms with van der Waals surface area (Å²) >= 11 is 6.01. The Morgan fingerprint density at radius 3 is 2.71 bits per heavy atom. The molecule has 2 atom stereocenters. The molecule has 0 aliphatic heterocycles. The van der Waals surface area contributed by atoms with Crippen molar-refractivity contribution in [2.24, 2.45) is 5.92 Å². The van der Waals surface area contributed by atoms with Crippen LogP contribution >= 0.6 is 11.6 Å². The van der Waals surface area contributed by atoms with Gasteiger partial charge in [0.15, 0.2) is 0 Å². The lowest BCUT2D eigenvalue weighted by Gasteiger charge is -2.10. The highest BCUT2D eigenvalue weighted by Crippen LogP contribution is 2.48. The molecule has 1 saturated carbocycles. The Hall–Kier alpha value is -2.00. The standard InChI is InChI=1S/C17H17ClN2O/c1-10-7-15(19)14(18)9-16(10)20-17(21)13-8-12(13)11-5-3-2-4-6-11/h2-7,9,12-13H,8,19H2,1H3,(H,20,21). The van der Waals surface area contributed by atoms with Crippen LogP contribution in [-0.4, -0.2) is 5.91 Å². The number of aryl methyl sites for hydroxylation is 1. The molecule has 0 aromatic heterocycles. The van der Waals surface area contributed by atoms with Gasteiger partial charge in [0, 0.05) is 11.6 Å². The predicted molar refractivity (Wildman–Crippen MR) is 86.5 cm³/mol. The van der Waals surface area contributed by atoms with Gasteiger partial charge in [-0.05, 0) is 42.5 Å². The van der Waals surface area contributed by atoms with Crippen LogP contribution in [0.4, 0.5) is 11.4 Å². The molecule has 2 aromatic rings. The van der Waals surface area contributed by atoms with Crippen LogP contribution in [0.2, 0.25) is 5.02 Å². The summed E-state index contributed by atoms with van der Waals surface area (Å²) in [6.45, 7) is 1.91. The molecule has 4 heteroatoms. The second-order valence-electron chi connectivity index (χ2n) is 5.54. The fourth-order valence-electron chi connectivity index (χ4n) is 2.62. The zero-order chi connectivity index (χ0) is 15.0. The minimum absolute atomic E-state index is 0.0446. The minimum atomic E-state index is 0.0446. The zero-order valence-corrected chi connectivity index (χ0v) is 12.5. The zero-order valence-electron chi connectivity index (χ0n) is 11.8. The molecule has 21 heavy (non-hydrogen) atoms. The highest BCUT2D eigenvalue weighted by atomic mass is 35.5. The van der Waals surface area contributed by atoms with E-state index in [2.05, 4.69) is 17.4 Å². The quantitative estimate of drug-likeness (QED) is 0.843. The van der Waals surface area contributed by atoms with Gasteiger partial charge in [0.25, 0.3) is 0 Å². The molecular weight excluding hydrogens is 284 g/mol. The van der Waals surface area contributed by atoms with E-state index in [1.165, 1.54) is 5.56 Å². The summed E-state index contributed by atoms with van der Waals surface area (Å²) in [5, 5.41) is 3.43. The number of rotatable bonds is 3. The number of benzene rings is 2. The maximum Gasteiger partial charge on any atom is 0.228 e. The van der Waals surface area contributed by atoms with Crippen LogP contribution in [0, 0.1) is 12.8 Å². The molecule has 1 amide bonds. The van der Waals surface area contributed by atoms with Gasteiger partial charge in [-0.1, -0.05) is 41.9 Å². The number of anilines is 2. The van der Waals surface area contributed by atoms with Crippen LogP contribution in [0.1, 0.15) is 23.5 Å². The summed E-state index contributed by atoms with van der Waals surface area (Å²) in [5.41, 5.74) is 9.15. The van der Waals surface area contributed by atoms with E-state index in [0.29, 0.717) is 16.6 Å². The smallest absolute Gasteiger partial charge is 0.228 e. The Morgan fingerprint density at radius 2 is 2.00 bits per heavy atom.